The Morgan fingerprint density at radius 3 is 2.44 bits per heavy atom. The van der Waals surface area contributed by atoms with Crippen molar-refractivity contribution in [2.45, 2.75) is 25.8 Å². The predicted octanol–water partition coefficient (Wildman–Crippen LogP) is 1.82. The fourth-order valence-corrected chi connectivity index (χ4v) is 1.61. The van der Waals surface area contributed by atoms with E-state index in [9.17, 15) is 9.18 Å². The molecule has 1 rings (SSSR count). The van der Waals surface area contributed by atoms with Gasteiger partial charge in [0.1, 0.15) is 11.4 Å². The first-order valence-corrected chi connectivity index (χ1v) is 5.21. The summed E-state index contributed by atoms with van der Waals surface area (Å²) in [7, 11) is 0. The van der Waals surface area contributed by atoms with Gasteiger partial charge in [-0.05, 0) is 31.2 Å². The zero-order chi connectivity index (χ0) is 12.2. The molecular weight excluding hydrogens is 209 g/mol. The van der Waals surface area contributed by atoms with Crippen molar-refractivity contribution in [1.82, 2.24) is 5.32 Å². The van der Waals surface area contributed by atoms with E-state index in [2.05, 4.69) is 5.32 Å². The Balaban J connectivity index is 2.83. The van der Waals surface area contributed by atoms with Crippen molar-refractivity contribution in [1.29, 1.82) is 0 Å². The van der Waals surface area contributed by atoms with Gasteiger partial charge in [0.15, 0.2) is 0 Å². The van der Waals surface area contributed by atoms with Crippen LogP contribution in [0.15, 0.2) is 24.3 Å². The zero-order valence-corrected chi connectivity index (χ0v) is 9.46. The molecule has 0 heterocycles. The molecule has 3 nitrogen and oxygen atoms in total. The molecule has 0 aromatic heterocycles. The molecule has 0 bridgehead atoms. The quantitative estimate of drug-likeness (QED) is 0.803. The lowest BCUT2D eigenvalue weighted by molar-refractivity contribution is -0.144. The summed E-state index contributed by atoms with van der Waals surface area (Å²) >= 11 is 0. The molecular formula is C12H16FNO2. The van der Waals surface area contributed by atoms with Crippen LogP contribution in [0.1, 0.15) is 19.4 Å². The van der Waals surface area contributed by atoms with Crippen LogP contribution in [-0.4, -0.2) is 23.2 Å². The van der Waals surface area contributed by atoms with Gasteiger partial charge in [-0.1, -0.05) is 19.1 Å². The first kappa shape index (κ1) is 12.6. The smallest absolute Gasteiger partial charge is 0.323 e. The highest BCUT2D eigenvalue weighted by molar-refractivity contribution is 5.78. The summed E-state index contributed by atoms with van der Waals surface area (Å²) in [5.74, 6) is -1.22. The number of halogens is 1. The lowest BCUT2D eigenvalue weighted by atomic mass is 9.93. The average Bonchev–Trinajstić information content (AvgIpc) is 2.22. The van der Waals surface area contributed by atoms with E-state index in [0.717, 1.165) is 5.56 Å². The van der Waals surface area contributed by atoms with Crippen LogP contribution in [0.3, 0.4) is 0 Å². The van der Waals surface area contributed by atoms with Gasteiger partial charge in [0.05, 0.1) is 0 Å². The van der Waals surface area contributed by atoms with E-state index in [-0.39, 0.29) is 5.82 Å². The Hall–Kier alpha value is -1.42. The van der Waals surface area contributed by atoms with Crippen LogP contribution in [0.5, 0.6) is 0 Å². The van der Waals surface area contributed by atoms with Gasteiger partial charge in [-0.25, -0.2) is 4.39 Å². The highest BCUT2D eigenvalue weighted by Crippen LogP contribution is 2.14. The first-order valence-electron chi connectivity index (χ1n) is 5.21. The summed E-state index contributed by atoms with van der Waals surface area (Å²) in [6.07, 6.45) is 0.330. The molecule has 1 atom stereocenters. The van der Waals surface area contributed by atoms with Crippen LogP contribution in [0.2, 0.25) is 0 Å². The largest absolute Gasteiger partial charge is 0.480 e. The van der Waals surface area contributed by atoms with Gasteiger partial charge in [0.25, 0.3) is 0 Å². The molecule has 4 heteroatoms. The van der Waals surface area contributed by atoms with Gasteiger partial charge in [-0.3, -0.25) is 4.79 Å². The SMILES string of the molecule is CCNC(C)(Cc1ccc(F)cc1)C(=O)O. The van der Waals surface area contributed by atoms with Gasteiger partial charge >= 0.3 is 5.97 Å². The summed E-state index contributed by atoms with van der Waals surface area (Å²) in [6.45, 7) is 4.05. The van der Waals surface area contributed by atoms with E-state index in [0.29, 0.717) is 13.0 Å². The highest BCUT2D eigenvalue weighted by atomic mass is 19.1. The summed E-state index contributed by atoms with van der Waals surface area (Å²) in [6, 6.07) is 5.88. The summed E-state index contributed by atoms with van der Waals surface area (Å²) in [5.41, 5.74) is -0.209. The Labute approximate surface area is 94.3 Å². The van der Waals surface area contributed by atoms with Gasteiger partial charge in [0, 0.05) is 6.42 Å². The molecule has 1 aromatic rings. The Morgan fingerprint density at radius 1 is 1.44 bits per heavy atom. The number of hydrogen-bond donors (Lipinski definition) is 2. The zero-order valence-electron chi connectivity index (χ0n) is 9.46. The molecule has 0 saturated heterocycles. The third-order valence-electron chi connectivity index (χ3n) is 2.51. The fourth-order valence-electron chi connectivity index (χ4n) is 1.61. The van der Waals surface area contributed by atoms with Crippen LogP contribution in [0.25, 0.3) is 0 Å². The number of aliphatic carboxylic acids is 1. The van der Waals surface area contributed by atoms with Crippen LogP contribution in [0, 0.1) is 5.82 Å². The second kappa shape index (κ2) is 5.07. The Bertz CT molecular complexity index is 364. The molecule has 0 spiro atoms. The van der Waals surface area contributed by atoms with Crippen LogP contribution in [-0.2, 0) is 11.2 Å². The van der Waals surface area contributed by atoms with E-state index in [1.54, 1.807) is 19.1 Å². The fraction of sp³-hybridized carbons (Fsp3) is 0.417. The standard InChI is InChI=1S/C12H16FNO2/c1-3-14-12(2,11(15)16)8-9-4-6-10(13)7-5-9/h4-7,14H,3,8H2,1-2H3,(H,15,16). The van der Waals surface area contributed by atoms with Crippen molar-refractivity contribution < 1.29 is 14.3 Å². The number of nitrogens with one attached hydrogen (secondary N) is 1. The van der Waals surface area contributed by atoms with Crippen LogP contribution < -0.4 is 5.32 Å². The Morgan fingerprint density at radius 2 is 2.00 bits per heavy atom. The maximum absolute atomic E-state index is 12.7. The number of carbonyl (C=O) groups is 1. The van der Waals surface area contributed by atoms with E-state index in [1.807, 2.05) is 6.92 Å². The topological polar surface area (TPSA) is 49.3 Å². The number of likely N-dealkylation sites (N-methyl/N-ethyl adjacent to an activating group) is 1. The molecule has 0 saturated carbocycles. The van der Waals surface area contributed by atoms with Gasteiger partial charge < -0.3 is 10.4 Å². The normalized spacial score (nSPS) is 14.4. The molecule has 0 amide bonds. The molecule has 16 heavy (non-hydrogen) atoms. The molecule has 0 fully saturated rings. The van der Waals surface area contributed by atoms with E-state index < -0.39 is 11.5 Å². The third-order valence-corrected chi connectivity index (χ3v) is 2.51. The maximum atomic E-state index is 12.7. The minimum atomic E-state index is -1.01. The molecule has 0 radical (unpaired) electrons. The minimum Gasteiger partial charge on any atom is -0.480 e. The van der Waals surface area contributed by atoms with Crippen molar-refractivity contribution >= 4 is 5.97 Å². The molecule has 2 N–H and O–H groups in total. The van der Waals surface area contributed by atoms with E-state index >= 15 is 0 Å². The molecule has 1 aromatic carbocycles. The summed E-state index contributed by atoms with van der Waals surface area (Å²) < 4.78 is 12.7. The van der Waals surface area contributed by atoms with Gasteiger partial charge in [-0.15, -0.1) is 0 Å². The van der Waals surface area contributed by atoms with Gasteiger partial charge in [0.2, 0.25) is 0 Å². The molecule has 0 aliphatic heterocycles. The first-order chi connectivity index (χ1) is 7.48. The average molecular weight is 225 g/mol. The number of carboxylic acids is 1. The summed E-state index contributed by atoms with van der Waals surface area (Å²) in [5, 5.41) is 12.1. The molecule has 0 aliphatic carbocycles. The van der Waals surface area contributed by atoms with E-state index in [4.69, 9.17) is 5.11 Å². The highest BCUT2D eigenvalue weighted by Gasteiger charge is 2.31. The van der Waals surface area contributed by atoms with Crippen molar-refractivity contribution in [3.05, 3.63) is 35.6 Å². The predicted molar refractivity (Wildman–Crippen MR) is 59.8 cm³/mol. The number of carboxylic acid groups (broad SMARTS) is 1. The minimum absolute atomic E-state index is 0.316. The van der Waals surface area contributed by atoms with Crippen molar-refractivity contribution in [2.24, 2.45) is 0 Å². The van der Waals surface area contributed by atoms with Gasteiger partial charge in [-0.2, -0.15) is 0 Å². The molecule has 88 valence electrons. The second-order valence-electron chi connectivity index (χ2n) is 3.97. The summed E-state index contributed by atoms with van der Waals surface area (Å²) in [4.78, 5) is 11.1. The number of rotatable bonds is 5. The second-order valence-corrected chi connectivity index (χ2v) is 3.97. The van der Waals surface area contributed by atoms with E-state index in [1.165, 1.54) is 12.1 Å². The Kier molecular flexibility index (Phi) is 4.01. The molecule has 1 unspecified atom stereocenters. The number of benzene rings is 1. The van der Waals surface area contributed by atoms with Crippen LogP contribution >= 0.6 is 0 Å². The van der Waals surface area contributed by atoms with Crippen molar-refractivity contribution in [2.75, 3.05) is 6.54 Å². The van der Waals surface area contributed by atoms with Crippen molar-refractivity contribution in [3.8, 4) is 0 Å². The third kappa shape index (κ3) is 3.03. The van der Waals surface area contributed by atoms with Crippen molar-refractivity contribution in [3.63, 3.8) is 0 Å². The monoisotopic (exact) mass is 225 g/mol. The lowest BCUT2D eigenvalue weighted by Crippen LogP contribution is -2.51. The molecule has 0 aliphatic rings. The van der Waals surface area contributed by atoms with Crippen LogP contribution in [0.4, 0.5) is 4.39 Å². The maximum Gasteiger partial charge on any atom is 0.323 e. The number of hydrogen-bond acceptors (Lipinski definition) is 2. The lowest BCUT2D eigenvalue weighted by Gasteiger charge is -2.25.